The zero-order valence-corrected chi connectivity index (χ0v) is 14.6. The van der Waals surface area contributed by atoms with Crippen molar-refractivity contribution in [3.63, 3.8) is 0 Å². The molecule has 0 saturated carbocycles. The minimum Gasteiger partial charge on any atom is -0.493 e. The van der Waals surface area contributed by atoms with Gasteiger partial charge >= 0.3 is 0 Å². The minimum atomic E-state index is -0.311. The maximum Gasteiger partial charge on any atom is 0.256 e. The molecule has 2 aromatic rings. The van der Waals surface area contributed by atoms with Gasteiger partial charge in [-0.3, -0.25) is 4.79 Å². The Hall–Kier alpha value is -3.33. The van der Waals surface area contributed by atoms with Crippen LogP contribution in [0.5, 0.6) is 23.0 Å². The van der Waals surface area contributed by atoms with Crippen LogP contribution in [0.15, 0.2) is 30.3 Å². The van der Waals surface area contributed by atoms with Crippen LogP contribution in [-0.2, 0) is 6.42 Å². The SMILES string of the molecule is C#Cc1ccc(OC)c(OC)c1C(=O)NCCc1ccc2c(c1)OCO2. The lowest BCUT2D eigenvalue weighted by atomic mass is 10.0. The van der Waals surface area contributed by atoms with Crippen LogP contribution in [0, 0.1) is 12.3 Å². The molecule has 1 heterocycles. The molecule has 3 rings (SSSR count). The number of hydrogen-bond donors (Lipinski definition) is 1. The van der Waals surface area contributed by atoms with E-state index in [4.69, 9.17) is 25.4 Å². The summed E-state index contributed by atoms with van der Waals surface area (Å²) in [7, 11) is 2.98. The van der Waals surface area contributed by atoms with Crippen molar-refractivity contribution in [3.8, 4) is 35.3 Å². The summed E-state index contributed by atoms with van der Waals surface area (Å²) < 4.78 is 21.2. The third kappa shape index (κ3) is 3.38. The van der Waals surface area contributed by atoms with Crippen molar-refractivity contribution < 1.29 is 23.7 Å². The van der Waals surface area contributed by atoms with Crippen LogP contribution in [0.25, 0.3) is 0 Å². The lowest BCUT2D eigenvalue weighted by Crippen LogP contribution is -2.27. The number of hydrogen-bond acceptors (Lipinski definition) is 5. The summed E-state index contributed by atoms with van der Waals surface area (Å²) in [6, 6.07) is 9.05. The standard InChI is InChI=1S/C20H19NO5/c1-4-14-6-8-16(23-2)19(24-3)18(14)20(22)21-10-9-13-5-7-15-17(11-13)26-12-25-15/h1,5-8,11H,9-10,12H2,2-3H3,(H,21,22). The number of nitrogens with one attached hydrogen (secondary N) is 1. The highest BCUT2D eigenvalue weighted by molar-refractivity contribution is 6.00. The number of fused-ring (bicyclic) bond motifs is 1. The third-order valence-corrected chi connectivity index (χ3v) is 4.06. The van der Waals surface area contributed by atoms with E-state index in [0.29, 0.717) is 35.6 Å². The molecule has 134 valence electrons. The fraction of sp³-hybridized carbons (Fsp3) is 0.250. The number of amides is 1. The van der Waals surface area contributed by atoms with Gasteiger partial charge in [-0.15, -0.1) is 6.42 Å². The number of benzene rings is 2. The molecule has 6 nitrogen and oxygen atoms in total. The Morgan fingerprint density at radius 1 is 1.19 bits per heavy atom. The largest absolute Gasteiger partial charge is 0.493 e. The Morgan fingerprint density at radius 2 is 2.00 bits per heavy atom. The molecule has 26 heavy (non-hydrogen) atoms. The van der Waals surface area contributed by atoms with E-state index in [1.807, 2.05) is 18.2 Å². The summed E-state index contributed by atoms with van der Waals surface area (Å²) in [4.78, 5) is 12.7. The summed E-state index contributed by atoms with van der Waals surface area (Å²) in [6.07, 6.45) is 6.16. The second-order valence-electron chi connectivity index (χ2n) is 5.56. The molecule has 6 heteroatoms. The van der Waals surface area contributed by atoms with Gasteiger partial charge in [-0.2, -0.15) is 0 Å². The average molecular weight is 353 g/mol. The lowest BCUT2D eigenvalue weighted by Gasteiger charge is -2.14. The fourth-order valence-corrected chi connectivity index (χ4v) is 2.78. The first-order valence-corrected chi connectivity index (χ1v) is 8.06. The molecule has 0 atom stereocenters. The summed E-state index contributed by atoms with van der Waals surface area (Å²) >= 11 is 0. The van der Waals surface area contributed by atoms with Gasteiger partial charge in [0.15, 0.2) is 23.0 Å². The maximum atomic E-state index is 12.7. The zero-order valence-electron chi connectivity index (χ0n) is 14.6. The molecule has 0 fully saturated rings. The molecule has 0 spiro atoms. The highest BCUT2D eigenvalue weighted by Crippen LogP contribution is 2.34. The topological polar surface area (TPSA) is 66.0 Å². The van der Waals surface area contributed by atoms with Gasteiger partial charge in [0.25, 0.3) is 5.91 Å². The molecule has 0 saturated heterocycles. The second kappa shape index (κ2) is 7.70. The van der Waals surface area contributed by atoms with Crippen LogP contribution >= 0.6 is 0 Å². The molecule has 0 aromatic heterocycles. The van der Waals surface area contributed by atoms with Gasteiger partial charge in [-0.1, -0.05) is 12.0 Å². The van der Waals surface area contributed by atoms with E-state index in [0.717, 1.165) is 17.1 Å². The summed E-state index contributed by atoms with van der Waals surface area (Å²) in [5, 5.41) is 2.87. The first-order valence-electron chi connectivity index (χ1n) is 8.06. The van der Waals surface area contributed by atoms with Gasteiger partial charge in [0.1, 0.15) is 5.56 Å². The van der Waals surface area contributed by atoms with Crippen molar-refractivity contribution in [2.75, 3.05) is 27.6 Å². The predicted molar refractivity (Wildman–Crippen MR) is 96.1 cm³/mol. The molecule has 0 unspecified atom stereocenters. The van der Waals surface area contributed by atoms with E-state index in [9.17, 15) is 4.79 Å². The van der Waals surface area contributed by atoms with E-state index in [1.54, 1.807) is 12.1 Å². The van der Waals surface area contributed by atoms with Crippen LogP contribution in [0.1, 0.15) is 21.5 Å². The average Bonchev–Trinajstić information content (AvgIpc) is 3.14. The molecule has 2 aromatic carbocycles. The van der Waals surface area contributed by atoms with Crippen LogP contribution in [-0.4, -0.2) is 33.5 Å². The molecule has 0 aliphatic carbocycles. The van der Waals surface area contributed by atoms with E-state index >= 15 is 0 Å². The molecular formula is C20H19NO5. The number of methoxy groups -OCH3 is 2. The summed E-state index contributed by atoms with van der Waals surface area (Å²) in [5.74, 6) is 4.43. The van der Waals surface area contributed by atoms with E-state index in [1.165, 1.54) is 14.2 Å². The molecule has 0 radical (unpaired) electrons. The fourth-order valence-electron chi connectivity index (χ4n) is 2.78. The number of terminal acetylenes is 1. The van der Waals surface area contributed by atoms with Gasteiger partial charge in [-0.05, 0) is 36.2 Å². The molecule has 0 bridgehead atoms. The van der Waals surface area contributed by atoms with Crippen molar-refractivity contribution >= 4 is 5.91 Å². The van der Waals surface area contributed by atoms with Crippen molar-refractivity contribution in [1.29, 1.82) is 0 Å². The first kappa shape index (κ1) is 17.5. The van der Waals surface area contributed by atoms with Crippen molar-refractivity contribution in [3.05, 3.63) is 47.0 Å². The summed E-state index contributed by atoms with van der Waals surface area (Å²) in [5.41, 5.74) is 1.77. The van der Waals surface area contributed by atoms with Gasteiger partial charge in [0, 0.05) is 12.1 Å². The van der Waals surface area contributed by atoms with E-state index < -0.39 is 0 Å². The highest BCUT2D eigenvalue weighted by atomic mass is 16.7. The third-order valence-electron chi connectivity index (χ3n) is 4.06. The van der Waals surface area contributed by atoms with Gasteiger partial charge in [0.2, 0.25) is 6.79 Å². The van der Waals surface area contributed by atoms with Crippen molar-refractivity contribution in [2.45, 2.75) is 6.42 Å². The van der Waals surface area contributed by atoms with Crippen LogP contribution in [0.2, 0.25) is 0 Å². The van der Waals surface area contributed by atoms with Crippen molar-refractivity contribution in [1.82, 2.24) is 5.32 Å². The maximum absolute atomic E-state index is 12.7. The van der Waals surface area contributed by atoms with Crippen LogP contribution in [0.3, 0.4) is 0 Å². The molecule has 1 aliphatic rings. The molecule has 1 N–H and O–H groups in total. The zero-order chi connectivity index (χ0) is 18.5. The van der Waals surface area contributed by atoms with Crippen LogP contribution < -0.4 is 24.3 Å². The Balaban J connectivity index is 1.71. The van der Waals surface area contributed by atoms with Gasteiger partial charge < -0.3 is 24.3 Å². The Bertz CT molecular complexity index is 869. The minimum absolute atomic E-state index is 0.236. The van der Waals surface area contributed by atoms with Gasteiger partial charge in [0.05, 0.1) is 14.2 Å². The van der Waals surface area contributed by atoms with Gasteiger partial charge in [-0.25, -0.2) is 0 Å². The Kier molecular flexibility index (Phi) is 5.18. The van der Waals surface area contributed by atoms with Crippen molar-refractivity contribution in [2.24, 2.45) is 0 Å². The second-order valence-corrected chi connectivity index (χ2v) is 5.56. The number of rotatable bonds is 6. The molecule has 1 amide bonds. The smallest absolute Gasteiger partial charge is 0.256 e. The predicted octanol–water partition coefficient (Wildman–Crippen LogP) is 2.39. The Labute approximate surface area is 152 Å². The first-order chi connectivity index (χ1) is 12.7. The van der Waals surface area contributed by atoms with Crippen LogP contribution in [0.4, 0.5) is 0 Å². The monoisotopic (exact) mass is 353 g/mol. The molecular weight excluding hydrogens is 334 g/mol. The molecule has 1 aliphatic heterocycles. The number of carbonyl (C=O) groups excluding carboxylic acids is 1. The number of carbonyl (C=O) groups is 1. The Morgan fingerprint density at radius 3 is 2.73 bits per heavy atom. The highest BCUT2D eigenvalue weighted by Gasteiger charge is 2.20. The normalized spacial score (nSPS) is 11.6. The lowest BCUT2D eigenvalue weighted by molar-refractivity contribution is 0.0950. The number of ether oxygens (including phenoxy) is 4. The van der Waals surface area contributed by atoms with E-state index in [2.05, 4.69) is 11.2 Å². The quantitative estimate of drug-likeness (QED) is 0.808. The van der Waals surface area contributed by atoms with E-state index in [-0.39, 0.29) is 12.7 Å². The summed E-state index contributed by atoms with van der Waals surface area (Å²) in [6.45, 7) is 0.670.